The van der Waals surface area contributed by atoms with E-state index in [1.165, 1.54) is 0 Å². The maximum Gasteiger partial charge on any atom is 0.0675 e. The van der Waals surface area contributed by atoms with Gasteiger partial charge in [-0.05, 0) is 12.8 Å². The molecule has 0 radical (unpaired) electrons. The predicted molar refractivity (Wildman–Crippen MR) is 61.2 cm³/mol. The molecule has 0 saturated carbocycles. The lowest BCUT2D eigenvalue weighted by molar-refractivity contribution is 0.177. The minimum atomic E-state index is -0.356. The number of hydrogen-bond donors (Lipinski definition) is 2. The molecule has 0 saturated heterocycles. The van der Waals surface area contributed by atoms with Crippen molar-refractivity contribution in [1.29, 1.82) is 0 Å². The minimum Gasteiger partial charge on any atom is -0.392 e. The molecule has 0 heterocycles. The maximum absolute atomic E-state index is 9.15. The summed E-state index contributed by atoms with van der Waals surface area (Å²) < 4.78 is 0. The highest BCUT2D eigenvalue weighted by atomic mass is 35.5. The molecule has 4 heteroatoms. The predicted octanol–water partition coefficient (Wildman–Crippen LogP) is 2.53. The van der Waals surface area contributed by atoms with Crippen LogP contribution in [-0.4, -0.2) is 34.2 Å². The summed E-state index contributed by atoms with van der Waals surface area (Å²) in [6.45, 7) is 0. The Morgan fingerprint density at radius 3 is 1.36 bits per heavy atom. The lowest BCUT2D eigenvalue weighted by atomic mass is 10.1. The Morgan fingerprint density at radius 2 is 1.07 bits per heavy atom. The number of alkyl halides is 2. The zero-order valence-electron chi connectivity index (χ0n) is 8.46. The third-order valence-corrected chi connectivity index (χ3v) is 2.89. The zero-order chi connectivity index (χ0) is 10.8. The number of unbranched alkanes of at least 4 members (excludes halogenated alkanes) is 3. The summed E-state index contributed by atoms with van der Waals surface area (Å²) in [5.74, 6) is 0.649. The third kappa shape index (κ3) is 9.07. The first kappa shape index (κ1) is 14.5. The molecular formula is C10H20Cl2O2. The van der Waals surface area contributed by atoms with Gasteiger partial charge in [0, 0.05) is 11.8 Å². The van der Waals surface area contributed by atoms with Gasteiger partial charge in [0.05, 0.1) is 12.2 Å². The summed E-state index contributed by atoms with van der Waals surface area (Å²) in [4.78, 5) is 0. The van der Waals surface area contributed by atoms with E-state index < -0.39 is 0 Å². The van der Waals surface area contributed by atoms with Crippen molar-refractivity contribution >= 4 is 23.2 Å². The Kier molecular flexibility index (Phi) is 10.4. The van der Waals surface area contributed by atoms with Crippen molar-refractivity contribution in [3.63, 3.8) is 0 Å². The summed E-state index contributed by atoms with van der Waals surface area (Å²) in [5, 5.41) is 18.3. The van der Waals surface area contributed by atoms with Gasteiger partial charge in [0.1, 0.15) is 0 Å². The smallest absolute Gasteiger partial charge is 0.0675 e. The summed E-state index contributed by atoms with van der Waals surface area (Å²) in [6, 6.07) is 0. The molecule has 2 nitrogen and oxygen atoms in total. The van der Waals surface area contributed by atoms with Crippen molar-refractivity contribution in [2.45, 2.75) is 50.7 Å². The summed E-state index contributed by atoms with van der Waals surface area (Å²) in [5.41, 5.74) is 0. The van der Waals surface area contributed by atoms with E-state index in [4.69, 9.17) is 33.4 Å². The standard InChI is InChI=1S/C10H20Cl2O2/c11-7-9(13)5-3-1-2-4-6-10(14)8-12/h9-10,13-14H,1-8H2/t9-,10+. The van der Waals surface area contributed by atoms with Crippen molar-refractivity contribution in [3.05, 3.63) is 0 Å². The quantitative estimate of drug-likeness (QED) is 0.482. The molecule has 0 aliphatic carbocycles. The van der Waals surface area contributed by atoms with Crippen LogP contribution in [0.4, 0.5) is 0 Å². The van der Waals surface area contributed by atoms with E-state index in [1.54, 1.807) is 0 Å². The Hall–Kier alpha value is 0.500. The maximum atomic E-state index is 9.15. The van der Waals surface area contributed by atoms with Crippen molar-refractivity contribution in [1.82, 2.24) is 0 Å². The fourth-order valence-corrected chi connectivity index (χ4v) is 1.58. The van der Waals surface area contributed by atoms with Crippen LogP contribution in [0.5, 0.6) is 0 Å². The lowest BCUT2D eigenvalue weighted by Crippen LogP contribution is -2.08. The molecule has 0 aromatic rings. The molecule has 0 amide bonds. The van der Waals surface area contributed by atoms with E-state index in [2.05, 4.69) is 0 Å². The first-order valence-electron chi connectivity index (χ1n) is 5.18. The highest BCUT2D eigenvalue weighted by Crippen LogP contribution is 2.10. The lowest BCUT2D eigenvalue weighted by Gasteiger charge is -2.07. The molecule has 0 fully saturated rings. The van der Waals surface area contributed by atoms with Crippen molar-refractivity contribution < 1.29 is 10.2 Å². The van der Waals surface area contributed by atoms with Gasteiger partial charge in [-0.1, -0.05) is 25.7 Å². The van der Waals surface area contributed by atoms with Crippen molar-refractivity contribution in [2.24, 2.45) is 0 Å². The Balaban J connectivity index is 3.06. The van der Waals surface area contributed by atoms with Crippen molar-refractivity contribution in [2.75, 3.05) is 11.8 Å². The topological polar surface area (TPSA) is 40.5 Å². The van der Waals surface area contributed by atoms with E-state index in [1.807, 2.05) is 0 Å². The van der Waals surface area contributed by atoms with E-state index in [-0.39, 0.29) is 12.2 Å². The second-order valence-electron chi connectivity index (χ2n) is 3.61. The number of hydrogen-bond acceptors (Lipinski definition) is 2. The molecule has 0 bridgehead atoms. The van der Waals surface area contributed by atoms with E-state index in [0.717, 1.165) is 38.5 Å². The fraction of sp³-hybridized carbons (Fsp3) is 1.00. The Labute approximate surface area is 96.2 Å². The van der Waals surface area contributed by atoms with Crippen LogP contribution in [0.25, 0.3) is 0 Å². The molecular weight excluding hydrogens is 223 g/mol. The third-order valence-electron chi connectivity index (χ3n) is 2.18. The van der Waals surface area contributed by atoms with Crippen LogP contribution in [0.2, 0.25) is 0 Å². The van der Waals surface area contributed by atoms with Gasteiger partial charge in [0.25, 0.3) is 0 Å². The van der Waals surface area contributed by atoms with Gasteiger partial charge in [-0.25, -0.2) is 0 Å². The van der Waals surface area contributed by atoms with Gasteiger partial charge in [0.2, 0.25) is 0 Å². The molecule has 0 aromatic heterocycles. The van der Waals surface area contributed by atoms with Crippen LogP contribution < -0.4 is 0 Å². The normalized spacial score (nSPS) is 15.4. The molecule has 0 aliphatic rings. The number of rotatable bonds is 9. The fourth-order valence-electron chi connectivity index (χ4n) is 1.27. The number of aliphatic hydroxyl groups excluding tert-OH is 2. The van der Waals surface area contributed by atoms with Gasteiger partial charge in [-0.2, -0.15) is 0 Å². The van der Waals surface area contributed by atoms with E-state index in [9.17, 15) is 0 Å². The van der Waals surface area contributed by atoms with Crippen molar-refractivity contribution in [3.8, 4) is 0 Å². The van der Waals surface area contributed by atoms with Gasteiger partial charge in [-0.15, -0.1) is 23.2 Å². The second kappa shape index (κ2) is 10.0. The second-order valence-corrected chi connectivity index (χ2v) is 4.23. The van der Waals surface area contributed by atoms with Crippen LogP contribution in [0.1, 0.15) is 38.5 Å². The van der Waals surface area contributed by atoms with Crippen LogP contribution in [0, 0.1) is 0 Å². The molecule has 86 valence electrons. The van der Waals surface area contributed by atoms with Gasteiger partial charge < -0.3 is 10.2 Å². The first-order chi connectivity index (χ1) is 6.70. The molecule has 0 unspecified atom stereocenters. The molecule has 0 rings (SSSR count). The largest absolute Gasteiger partial charge is 0.392 e. The molecule has 0 aromatic carbocycles. The average molecular weight is 243 g/mol. The molecule has 2 N–H and O–H groups in total. The van der Waals surface area contributed by atoms with E-state index >= 15 is 0 Å². The van der Waals surface area contributed by atoms with Crippen LogP contribution in [0.15, 0.2) is 0 Å². The summed E-state index contributed by atoms with van der Waals surface area (Å²) in [6.07, 6.45) is 5.03. The van der Waals surface area contributed by atoms with E-state index in [0.29, 0.717) is 11.8 Å². The molecule has 14 heavy (non-hydrogen) atoms. The minimum absolute atomic E-state index is 0.324. The summed E-state index contributed by atoms with van der Waals surface area (Å²) in [7, 11) is 0. The molecule has 0 spiro atoms. The highest BCUT2D eigenvalue weighted by Gasteiger charge is 2.02. The average Bonchev–Trinajstić information content (AvgIpc) is 2.22. The monoisotopic (exact) mass is 242 g/mol. The van der Waals surface area contributed by atoms with Gasteiger partial charge in [0.15, 0.2) is 0 Å². The van der Waals surface area contributed by atoms with Crippen LogP contribution in [0.3, 0.4) is 0 Å². The summed E-state index contributed by atoms with van der Waals surface area (Å²) >= 11 is 10.9. The molecule has 2 atom stereocenters. The number of halogens is 2. The number of aliphatic hydroxyl groups is 2. The highest BCUT2D eigenvalue weighted by molar-refractivity contribution is 6.18. The first-order valence-corrected chi connectivity index (χ1v) is 6.25. The van der Waals surface area contributed by atoms with Crippen LogP contribution in [-0.2, 0) is 0 Å². The SMILES string of the molecule is O[C@H](CCl)CCCCCC[C@@H](O)CCl. The Morgan fingerprint density at radius 1 is 0.714 bits per heavy atom. The Bertz CT molecular complexity index is 109. The molecule has 0 aliphatic heterocycles. The van der Waals surface area contributed by atoms with Gasteiger partial charge >= 0.3 is 0 Å². The van der Waals surface area contributed by atoms with Gasteiger partial charge in [-0.3, -0.25) is 0 Å². The van der Waals surface area contributed by atoms with Crippen LogP contribution >= 0.6 is 23.2 Å². The zero-order valence-corrected chi connectivity index (χ0v) is 9.97.